The van der Waals surface area contributed by atoms with Crippen LogP contribution < -0.4 is 0 Å². The van der Waals surface area contributed by atoms with Crippen LogP contribution in [-0.4, -0.2) is 37.5 Å². The number of hydrogen-bond acceptors (Lipinski definition) is 3. The Labute approximate surface area is 123 Å². The summed E-state index contributed by atoms with van der Waals surface area (Å²) < 4.78 is 40.0. The average Bonchev–Trinajstić information content (AvgIpc) is 2.39. The van der Waals surface area contributed by atoms with Gasteiger partial charge in [0.15, 0.2) is 0 Å². The van der Waals surface area contributed by atoms with Crippen molar-refractivity contribution in [1.29, 1.82) is 0 Å². The zero-order chi connectivity index (χ0) is 14.8. The standard InChI is InChI=1S/C13H17ClFNO3S/c14-11-3-4-13(12(15)8-11)20(18,19)16-6-1-2-10(9-16)5-7-17/h3-4,8,10,17H,1-2,5-7,9H2. The number of benzene rings is 1. The molecule has 1 fully saturated rings. The molecule has 0 spiro atoms. The molecule has 20 heavy (non-hydrogen) atoms. The highest BCUT2D eigenvalue weighted by Gasteiger charge is 2.31. The van der Waals surface area contributed by atoms with Crippen LogP contribution in [0.25, 0.3) is 0 Å². The molecule has 1 unspecified atom stereocenters. The molecule has 1 aromatic carbocycles. The number of aliphatic hydroxyl groups excluding tert-OH is 1. The third-order valence-corrected chi connectivity index (χ3v) is 5.66. The lowest BCUT2D eigenvalue weighted by atomic mass is 9.97. The summed E-state index contributed by atoms with van der Waals surface area (Å²) >= 11 is 5.64. The first-order valence-corrected chi connectivity index (χ1v) is 8.33. The molecule has 1 heterocycles. The summed E-state index contributed by atoms with van der Waals surface area (Å²) in [6.07, 6.45) is 2.17. The van der Waals surface area contributed by atoms with Crippen molar-refractivity contribution in [3.05, 3.63) is 29.0 Å². The molecule has 4 nitrogen and oxygen atoms in total. The minimum Gasteiger partial charge on any atom is -0.396 e. The zero-order valence-electron chi connectivity index (χ0n) is 10.9. The Balaban J connectivity index is 2.25. The molecule has 0 aliphatic carbocycles. The molecule has 0 amide bonds. The molecule has 0 saturated carbocycles. The van der Waals surface area contributed by atoms with Gasteiger partial charge in [-0.25, -0.2) is 12.8 Å². The van der Waals surface area contributed by atoms with Crippen LogP contribution in [0.1, 0.15) is 19.3 Å². The van der Waals surface area contributed by atoms with Crippen molar-refractivity contribution < 1.29 is 17.9 Å². The van der Waals surface area contributed by atoms with E-state index in [1.807, 2.05) is 0 Å². The molecule has 1 aliphatic heterocycles. The molecule has 112 valence electrons. The molecule has 0 aromatic heterocycles. The van der Waals surface area contributed by atoms with E-state index in [4.69, 9.17) is 16.7 Å². The van der Waals surface area contributed by atoms with E-state index < -0.39 is 15.8 Å². The topological polar surface area (TPSA) is 57.6 Å². The summed E-state index contributed by atoms with van der Waals surface area (Å²) in [5, 5.41) is 9.12. The molecule has 0 bridgehead atoms. The van der Waals surface area contributed by atoms with Crippen LogP contribution in [0.4, 0.5) is 4.39 Å². The van der Waals surface area contributed by atoms with Gasteiger partial charge in [-0.1, -0.05) is 11.6 Å². The highest BCUT2D eigenvalue weighted by atomic mass is 35.5. The number of piperidine rings is 1. The predicted octanol–water partition coefficient (Wildman–Crippen LogP) is 2.26. The molecular formula is C13H17ClFNO3S. The van der Waals surface area contributed by atoms with Gasteiger partial charge in [0.25, 0.3) is 0 Å². The van der Waals surface area contributed by atoms with E-state index in [0.717, 1.165) is 18.9 Å². The van der Waals surface area contributed by atoms with E-state index in [1.54, 1.807) is 0 Å². The van der Waals surface area contributed by atoms with Gasteiger partial charge in [0.2, 0.25) is 10.0 Å². The molecule has 2 rings (SSSR count). The van der Waals surface area contributed by atoms with Crippen molar-refractivity contribution in [2.24, 2.45) is 5.92 Å². The smallest absolute Gasteiger partial charge is 0.245 e. The van der Waals surface area contributed by atoms with Gasteiger partial charge in [0, 0.05) is 24.7 Å². The van der Waals surface area contributed by atoms with E-state index in [9.17, 15) is 12.8 Å². The molecule has 1 atom stereocenters. The van der Waals surface area contributed by atoms with Crippen molar-refractivity contribution in [3.8, 4) is 0 Å². The summed E-state index contributed by atoms with van der Waals surface area (Å²) in [6.45, 7) is 0.741. The fourth-order valence-electron chi connectivity index (χ4n) is 2.49. The van der Waals surface area contributed by atoms with Crippen molar-refractivity contribution in [3.63, 3.8) is 0 Å². The first-order valence-electron chi connectivity index (χ1n) is 6.51. The van der Waals surface area contributed by atoms with Crippen LogP contribution in [-0.2, 0) is 10.0 Å². The SMILES string of the molecule is O=S(=O)(c1ccc(Cl)cc1F)N1CCCC(CCO)C1. The number of sulfonamides is 1. The summed E-state index contributed by atoms with van der Waals surface area (Å²) in [5.41, 5.74) is 0. The van der Waals surface area contributed by atoms with Crippen LogP contribution in [0.15, 0.2) is 23.1 Å². The molecule has 1 aliphatic rings. The second kappa shape index (κ2) is 6.39. The Morgan fingerprint density at radius 3 is 2.85 bits per heavy atom. The number of halogens is 2. The maximum Gasteiger partial charge on any atom is 0.245 e. The maximum absolute atomic E-state index is 13.8. The fraction of sp³-hybridized carbons (Fsp3) is 0.538. The van der Waals surface area contributed by atoms with Crippen LogP contribution in [0.5, 0.6) is 0 Å². The summed E-state index contributed by atoms with van der Waals surface area (Å²) in [5.74, 6) is -0.708. The number of nitrogens with zero attached hydrogens (tertiary/aromatic N) is 1. The second-order valence-corrected chi connectivity index (χ2v) is 7.30. The lowest BCUT2D eigenvalue weighted by molar-refractivity contribution is 0.202. The first-order chi connectivity index (χ1) is 9.45. The number of rotatable bonds is 4. The summed E-state index contributed by atoms with van der Waals surface area (Å²) in [6, 6.07) is 3.57. The molecule has 1 aromatic rings. The van der Waals surface area contributed by atoms with E-state index in [-0.39, 0.29) is 22.4 Å². The molecular weight excluding hydrogens is 305 g/mol. The fourth-order valence-corrected chi connectivity index (χ4v) is 4.25. The van der Waals surface area contributed by atoms with E-state index in [1.165, 1.54) is 16.4 Å². The largest absolute Gasteiger partial charge is 0.396 e. The third-order valence-electron chi connectivity index (χ3n) is 3.53. The van der Waals surface area contributed by atoms with Crippen molar-refractivity contribution in [1.82, 2.24) is 4.31 Å². The van der Waals surface area contributed by atoms with Crippen LogP contribution in [0.2, 0.25) is 5.02 Å². The van der Waals surface area contributed by atoms with Gasteiger partial charge in [-0.05, 0) is 43.4 Å². The average molecular weight is 322 g/mol. The predicted molar refractivity (Wildman–Crippen MR) is 74.6 cm³/mol. The van der Waals surface area contributed by atoms with Crippen molar-refractivity contribution >= 4 is 21.6 Å². The summed E-state index contributed by atoms with van der Waals surface area (Å²) in [4.78, 5) is -0.341. The van der Waals surface area contributed by atoms with Gasteiger partial charge in [0.1, 0.15) is 10.7 Å². The van der Waals surface area contributed by atoms with Crippen LogP contribution in [0, 0.1) is 11.7 Å². The molecule has 7 heteroatoms. The Bertz CT molecular complexity index is 577. The lowest BCUT2D eigenvalue weighted by Gasteiger charge is -2.31. The summed E-state index contributed by atoms with van der Waals surface area (Å²) in [7, 11) is -3.84. The lowest BCUT2D eigenvalue weighted by Crippen LogP contribution is -2.40. The minimum absolute atomic E-state index is 0.0356. The van der Waals surface area contributed by atoms with Crippen LogP contribution in [0.3, 0.4) is 0 Å². The second-order valence-electron chi connectivity index (χ2n) is 4.96. The van der Waals surface area contributed by atoms with E-state index in [2.05, 4.69) is 0 Å². The Morgan fingerprint density at radius 2 is 2.20 bits per heavy atom. The molecule has 1 N–H and O–H groups in total. The highest BCUT2D eigenvalue weighted by Crippen LogP contribution is 2.27. The van der Waals surface area contributed by atoms with Gasteiger partial charge < -0.3 is 5.11 Å². The first kappa shape index (κ1) is 15.7. The van der Waals surface area contributed by atoms with Gasteiger partial charge in [0.05, 0.1) is 0 Å². The quantitative estimate of drug-likeness (QED) is 0.925. The van der Waals surface area contributed by atoms with Gasteiger partial charge >= 0.3 is 0 Å². The van der Waals surface area contributed by atoms with E-state index in [0.29, 0.717) is 19.5 Å². The molecule has 0 radical (unpaired) electrons. The number of aliphatic hydroxyl groups is 1. The Kier molecular flexibility index (Phi) is 5.01. The minimum atomic E-state index is -3.84. The van der Waals surface area contributed by atoms with E-state index >= 15 is 0 Å². The zero-order valence-corrected chi connectivity index (χ0v) is 12.5. The Morgan fingerprint density at radius 1 is 1.45 bits per heavy atom. The highest BCUT2D eigenvalue weighted by molar-refractivity contribution is 7.89. The molecule has 1 saturated heterocycles. The van der Waals surface area contributed by atoms with Gasteiger partial charge in [-0.3, -0.25) is 0 Å². The Hall–Kier alpha value is -0.690. The van der Waals surface area contributed by atoms with Gasteiger partial charge in [-0.15, -0.1) is 0 Å². The maximum atomic E-state index is 13.8. The van der Waals surface area contributed by atoms with Crippen molar-refractivity contribution in [2.45, 2.75) is 24.2 Å². The van der Waals surface area contributed by atoms with Gasteiger partial charge in [-0.2, -0.15) is 4.31 Å². The van der Waals surface area contributed by atoms with Crippen molar-refractivity contribution in [2.75, 3.05) is 19.7 Å². The normalized spacial score (nSPS) is 21.1. The third kappa shape index (κ3) is 3.31. The number of hydrogen-bond donors (Lipinski definition) is 1. The van der Waals surface area contributed by atoms with Crippen LogP contribution >= 0.6 is 11.6 Å². The monoisotopic (exact) mass is 321 g/mol.